The molecule has 1 heterocycles. The highest BCUT2D eigenvalue weighted by molar-refractivity contribution is 5.87. The van der Waals surface area contributed by atoms with Crippen molar-refractivity contribution in [2.45, 2.75) is 19.0 Å². The lowest BCUT2D eigenvalue weighted by molar-refractivity contribution is -0.124. The molecular formula is C13H18FN3O. The van der Waals surface area contributed by atoms with E-state index >= 15 is 0 Å². The van der Waals surface area contributed by atoms with Gasteiger partial charge in [-0.25, -0.2) is 4.39 Å². The van der Waals surface area contributed by atoms with E-state index in [1.54, 1.807) is 12.1 Å². The van der Waals surface area contributed by atoms with Gasteiger partial charge >= 0.3 is 0 Å². The zero-order valence-corrected chi connectivity index (χ0v) is 10.6. The van der Waals surface area contributed by atoms with E-state index in [9.17, 15) is 9.18 Å². The third kappa shape index (κ3) is 2.61. The van der Waals surface area contributed by atoms with E-state index in [0.717, 1.165) is 12.2 Å². The number of hydrogen-bond acceptors (Lipinski definition) is 3. The van der Waals surface area contributed by atoms with Crippen LogP contribution in [0.4, 0.5) is 10.1 Å². The Kier molecular flexibility index (Phi) is 3.81. The minimum Gasteiger partial charge on any atom is -0.356 e. The first-order valence-corrected chi connectivity index (χ1v) is 6.09. The maximum absolute atomic E-state index is 12.9. The molecule has 1 amide bonds. The van der Waals surface area contributed by atoms with Gasteiger partial charge in [0.2, 0.25) is 5.91 Å². The van der Waals surface area contributed by atoms with Gasteiger partial charge in [-0.3, -0.25) is 4.79 Å². The van der Waals surface area contributed by atoms with Gasteiger partial charge in [0.05, 0.1) is 0 Å². The molecule has 0 radical (unpaired) electrons. The van der Waals surface area contributed by atoms with Crippen LogP contribution in [0.2, 0.25) is 0 Å². The van der Waals surface area contributed by atoms with E-state index in [1.165, 1.54) is 12.1 Å². The van der Waals surface area contributed by atoms with Gasteiger partial charge in [-0.2, -0.15) is 0 Å². The molecule has 2 rings (SSSR count). The predicted octanol–water partition coefficient (Wildman–Crippen LogP) is 0.738. The zero-order chi connectivity index (χ0) is 13.1. The molecule has 1 aromatic rings. The number of likely N-dealkylation sites (N-methyl/N-ethyl adjacent to an activating group) is 1. The number of nitrogens with zero attached hydrogens (tertiary/aromatic N) is 1. The molecule has 0 aromatic heterocycles. The lowest BCUT2D eigenvalue weighted by Gasteiger charge is -2.39. The smallest absolute Gasteiger partial charge is 0.244 e. The SMILES string of the molecule is CNCC1C(=O)NC(C)CN1c1ccc(F)cc1. The zero-order valence-electron chi connectivity index (χ0n) is 10.6. The number of amides is 1. The van der Waals surface area contributed by atoms with Crippen molar-refractivity contribution in [1.82, 2.24) is 10.6 Å². The number of carbonyl (C=O) groups excluding carboxylic acids is 1. The molecule has 0 saturated carbocycles. The lowest BCUT2D eigenvalue weighted by Crippen LogP contribution is -2.62. The van der Waals surface area contributed by atoms with Crippen LogP contribution in [0.1, 0.15) is 6.92 Å². The molecule has 0 aliphatic carbocycles. The Balaban J connectivity index is 2.25. The molecule has 4 nitrogen and oxygen atoms in total. The van der Waals surface area contributed by atoms with Gasteiger partial charge in [0.15, 0.2) is 0 Å². The molecule has 1 saturated heterocycles. The minimum absolute atomic E-state index is 0.00688. The van der Waals surface area contributed by atoms with Gasteiger partial charge in [-0.1, -0.05) is 0 Å². The van der Waals surface area contributed by atoms with Crippen molar-refractivity contribution >= 4 is 11.6 Å². The lowest BCUT2D eigenvalue weighted by atomic mass is 10.1. The molecule has 5 heteroatoms. The Morgan fingerprint density at radius 3 is 2.72 bits per heavy atom. The second-order valence-corrected chi connectivity index (χ2v) is 4.61. The van der Waals surface area contributed by atoms with Gasteiger partial charge in [-0.05, 0) is 38.2 Å². The van der Waals surface area contributed by atoms with Crippen LogP contribution in [0, 0.1) is 5.82 Å². The third-order valence-corrected chi connectivity index (χ3v) is 3.09. The second-order valence-electron chi connectivity index (χ2n) is 4.61. The summed E-state index contributed by atoms with van der Waals surface area (Å²) in [4.78, 5) is 14.0. The second kappa shape index (κ2) is 5.35. The average Bonchev–Trinajstić information content (AvgIpc) is 2.33. The Labute approximate surface area is 106 Å². The molecule has 1 aliphatic heterocycles. The molecular weight excluding hydrogens is 233 g/mol. The number of nitrogens with one attached hydrogen (secondary N) is 2. The topological polar surface area (TPSA) is 44.4 Å². The highest BCUT2D eigenvalue weighted by Crippen LogP contribution is 2.20. The standard InChI is InChI=1S/C13H18FN3O/c1-9-8-17(11-5-3-10(14)4-6-11)12(7-15-2)13(18)16-9/h3-6,9,12,15H,7-8H2,1-2H3,(H,16,18). The summed E-state index contributed by atoms with van der Waals surface area (Å²) in [6.45, 7) is 3.25. The number of carbonyl (C=O) groups is 1. The van der Waals surface area contributed by atoms with Crippen LogP contribution in [0.25, 0.3) is 0 Å². The predicted molar refractivity (Wildman–Crippen MR) is 69.1 cm³/mol. The van der Waals surface area contributed by atoms with Crippen LogP contribution >= 0.6 is 0 Å². The van der Waals surface area contributed by atoms with E-state index in [1.807, 2.05) is 18.9 Å². The fraction of sp³-hybridized carbons (Fsp3) is 0.462. The summed E-state index contributed by atoms with van der Waals surface area (Å²) in [6, 6.07) is 6.10. The van der Waals surface area contributed by atoms with Crippen molar-refractivity contribution in [3.63, 3.8) is 0 Å². The van der Waals surface area contributed by atoms with Crippen LogP contribution < -0.4 is 15.5 Å². The quantitative estimate of drug-likeness (QED) is 0.833. The summed E-state index contributed by atoms with van der Waals surface area (Å²) in [5.74, 6) is -0.258. The molecule has 2 N–H and O–H groups in total. The van der Waals surface area contributed by atoms with Crippen molar-refractivity contribution in [2.75, 3.05) is 25.0 Å². The summed E-state index contributed by atoms with van der Waals surface area (Å²) < 4.78 is 12.9. The molecule has 0 spiro atoms. The van der Waals surface area contributed by atoms with Gasteiger partial charge in [0, 0.05) is 24.8 Å². The Bertz CT molecular complexity index is 421. The molecule has 98 valence electrons. The normalized spacial score (nSPS) is 23.9. The molecule has 0 bridgehead atoms. The Hall–Kier alpha value is -1.62. The summed E-state index contributed by atoms with van der Waals surface area (Å²) in [6.07, 6.45) is 0. The number of hydrogen-bond donors (Lipinski definition) is 2. The molecule has 2 atom stereocenters. The summed E-state index contributed by atoms with van der Waals surface area (Å²) in [5, 5.41) is 5.95. The monoisotopic (exact) mass is 251 g/mol. The Morgan fingerprint density at radius 1 is 1.44 bits per heavy atom. The molecule has 1 aliphatic rings. The van der Waals surface area contributed by atoms with E-state index in [-0.39, 0.29) is 23.8 Å². The third-order valence-electron chi connectivity index (χ3n) is 3.09. The first-order valence-electron chi connectivity index (χ1n) is 6.09. The highest BCUT2D eigenvalue weighted by Gasteiger charge is 2.32. The number of anilines is 1. The van der Waals surface area contributed by atoms with E-state index in [2.05, 4.69) is 10.6 Å². The van der Waals surface area contributed by atoms with Crippen molar-refractivity contribution in [1.29, 1.82) is 0 Å². The maximum atomic E-state index is 12.9. The van der Waals surface area contributed by atoms with Crippen LogP contribution in [-0.2, 0) is 4.79 Å². The molecule has 18 heavy (non-hydrogen) atoms. The number of halogens is 1. The van der Waals surface area contributed by atoms with Crippen molar-refractivity contribution in [2.24, 2.45) is 0 Å². The number of piperazine rings is 1. The Morgan fingerprint density at radius 2 is 2.11 bits per heavy atom. The van der Waals surface area contributed by atoms with Crippen LogP contribution in [0.5, 0.6) is 0 Å². The first kappa shape index (κ1) is 12.8. The molecule has 1 aromatic carbocycles. The molecule has 1 fully saturated rings. The van der Waals surface area contributed by atoms with Crippen LogP contribution in [-0.4, -0.2) is 38.1 Å². The maximum Gasteiger partial charge on any atom is 0.244 e. The fourth-order valence-electron chi connectivity index (χ4n) is 2.26. The van der Waals surface area contributed by atoms with E-state index in [0.29, 0.717) is 6.54 Å². The van der Waals surface area contributed by atoms with E-state index in [4.69, 9.17) is 0 Å². The van der Waals surface area contributed by atoms with Crippen molar-refractivity contribution < 1.29 is 9.18 Å². The van der Waals surface area contributed by atoms with Gasteiger partial charge in [0.1, 0.15) is 11.9 Å². The van der Waals surface area contributed by atoms with Crippen molar-refractivity contribution in [3.05, 3.63) is 30.1 Å². The fourth-order valence-corrected chi connectivity index (χ4v) is 2.26. The summed E-state index contributed by atoms with van der Waals surface area (Å²) >= 11 is 0. The molecule has 2 unspecified atom stereocenters. The first-order chi connectivity index (χ1) is 8.61. The van der Waals surface area contributed by atoms with Gasteiger partial charge < -0.3 is 15.5 Å². The number of benzene rings is 1. The number of rotatable bonds is 3. The highest BCUT2D eigenvalue weighted by atomic mass is 19.1. The summed E-state index contributed by atoms with van der Waals surface area (Å²) in [5.41, 5.74) is 0.873. The van der Waals surface area contributed by atoms with E-state index < -0.39 is 0 Å². The largest absolute Gasteiger partial charge is 0.356 e. The summed E-state index contributed by atoms with van der Waals surface area (Å²) in [7, 11) is 1.81. The average molecular weight is 251 g/mol. The van der Waals surface area contributed by atoms with Gasteiger partial charge in [-0.15, -0.1) is 0 Å². The van der Waals surface area contributed by atoms with Gasteiger partial charge in [0.25, 0.3) is 0 Å². The van der Waals surface area contributed by atoms with Crippen LogP contribution in [0.3, 0.4) is 0 Å². The minimum atomic E-state index is -0.265. The van der Waals surface area contributed by atoms with Crippen LogP contribution in [0.15, 0.2) is 24.3 Å². The van der Waals surface area contributed by atoms with Crippen molar-refractivity contribution in [3.8, 4) is 0 Å².